The Bertz CT molecular complexity index is 595. The Hall–Kier alpha value is -1.66. The van der Waals surface area contributed by atoms with E-state index in [0.717, 1.165) is 38.4 Å². The summed E-state index contributed by atoms with van der Waals surface area (Å²) in [6.45, 7) is 4.50. The molecule has 0 unspecified atom stereocenters. The summed E-state index contributed by atoms with van der Waals surface area (Å²) >= 11 is 0. The van der Waals surface area contributed by atoms with Crippen LogP contribution in [0.5, 0.6) is 0 Å². The van der Waals surface area contributed by atoms with Crippen molar-refractivity contribution in [3.8, 4) is 0 Å². The molecule has 2 aliphatic heterocycles. The van der Waals surface area contributed by atoms with Crippen LogP contribution in [0.15, 0.2) is 27.5 Å². The van der Waals surface area contributed by atoms with Gasteiger partial charge in [0.2, 0.25) is 5.89 Å². The highest BCUT2D eigenvalue weighted by atomic mass is 16.5. The van der Waals surface area contributed by atoms with Gasteiger partial charge >= 0.3 is 0 Å². The molecule has 112 valence electrons. The van der Waals surface area contributed by atoms with Crippen molar-refractivity contribution >= 4 is 0 Å². The molecule has 2 fully saturated rings. The molecule has 0 N–H and O–H groups in total. The van der Waals surface area contributed by atoms with Crippen molar-refractivity contribution in [3.05, 3.63) is 35.9 Å². The molecular weight excluding hydrogens is 270 g/mol. The number of ether oxygens (including phenoxy) is 1. The van der Waals surface area contributed by atoms with Gasteiger partial charge in [0.25, 0.3) is 0 Å². The van der Waals surface area contributed by atoms with Gasteiger partial charge in [-0.05, 0) is 25.8 Å². The second kappa shape index (κ2) is 5.27. The SMILES string of the molecule is Cc1noc([C@H]2C[C@H]3OCC[C@H]3N(Cc3ccoc3)C2)n1. The van der Waals surface area contributed by atoms with Crippen molar-refractivity contribution in [2.24, 2.45) is 0 Å². The van der Waals surface area contributed by atoms with E-state index in [2.05, 4.69) is 15.0 Å². The van der Waals surface area contributed by atoms with Gasteiger partial charge in [0.15, 0.2) is 5.82 Å². The summed E-state index contributed by atoms with van der Waals surface area (Å²) < 4.78 is 16.5. The van der Waals surface area contributed by atoms with E-state index in [0.29, 0.717) is 11.9 Å². The van der Waals surface area contributed by atoms with Gasteiger partial charge in [0.1, 0.15) is 0 Å². The second-order valence-electron chi connectivity index (χ2n) is 5.94. The predicted octanol–water partition coefficient (Wildman–Crippen LogP) is 2.12. The lowest BCUT2D eigenvalue weighted by atomic mass is 9.89. The molecule has 6 heteroatoms. The molecule has 4 rings (SSSR count). The molecule has 0 aliphatic carbocycles. The average molecular weight is 289 g/mol. The minimum Gasteiger partial charge on any atom is -0.472 e. The van der Waals surface area contributed by atoms with Crippen LogP contribution in [0.25, 0.3) is 0 Å². The summed E-state index contributed by atoms with van der Waals surface area (Å²) in [4.78, 5) is 6.87. The first-order valence-corrected chi connectivity index (χ1v) is 7.46. The number of rotatable bonds is 3. The van der Waals surface area contributed by atoms with Gasteiger partial charge in [-0.3, -0.25) is 4.90 Å². The fraction of sp³-hybridized carbons (Fsp3) is 0.600. The number of fused-ring (bicyclic) bond motifs is 1. The van der Waals surface area contributed by atoms with Crippen LogP contribution in [0.4, 0.5) is 0 Å². The molecule has 6 nitrogen and oxygen atoms in total. The largest absolute Gasteiger partial charge is 0.472 e. The topological polar surface area (TPSA) is 64.5 Å². The first-order valence-electron chi connectivity index (χ1n) is 7.46. The van der Waals surface area contributed by atoms with Gasteiger partial charge in [-0.25, -0.2) is 0 Å². The van der Waals surface area contributed by atoms with Gasteiger partial charge in [0, 0.05) is 31.3 Å². The molecule has 0 saturated carbocycles. The van der Waals surface area contributed by atoms with E-state index in [9.17, 15) is 0 Å². The van der Waals surface area contributed by atoms with Gasteiger partial charge in [0.05, 0.1) is 24.5 Å². The van der Waals surface area contributed by atoms with Crippen LogP contribution in [0.3, 0.4) is 0 Å². The predicted molar refractivity (Wildman–Crippen MR) is 73.7 cm³/mol. The Kier molecular flexibility index (Phi) is 3.27. The Labute approximate surface area is 123 Å². The number of hydrogen-bond donors (Lipinski definition) is 0. The van der Waals surface area contributed by atoms with Crippen LogP contribution in [0.1, 0.15) is 36.0 Å². The van der Waals surface area contributed by atoms with Crippen LogP contribution in [0.2, 0.25) is 0 Å². The van der Waals surface area contributed by atoms with E-state index in [-0.39, 0.29) is 12.0 Å². The van der Waals surface area contributed by atoms with Crippen molar-refractivity contribution in [1.82, 2.24) is 15.0 Å². The number of nitrogens with zero attached hydrogens (tertiary/aromatic N) is 3. The monoisotopic (exact) mass is 289 g/mol. The molecule has 2 saturated heterocycles. The highest BCUT2D eigenvalue weighted by Gasteiger charge is 2.42. The van der Waals surface area contributed by atoms with Crippen molar-refractivity contribution < 1.29 is 13.7 Å². The molecular formula is C15H19N3O3. The lowest BCUT2D eigenvalue weighted by Gasteiger charge is -2.39. The quantitative estimate of drug-likeness (QED) is 0.862. The number of aryl methyl sites for hydroxylation is 1. The number of piperidine rings is 1. The summed E-state index contributed by atoms with van der Waals surface area (Å²) in [5, 5.41) is 3.92. The van der Waals surface area contributed by atoms with Gasteiger partial charge in [-0.2, -0.15) is 4.98 Å². The molecule has 0 aromatic carbocycles. The minimum absolute atomic E-state index is 0.248. The van der Waals surface area contributed by atoms with E-state index < -0.39 is 0 Å². The van der Waals surface area contributed by atoms with E-state index in [1.807, 2.05) is 19.3 Å². The highest BCUT2D eigenvalue weighted by Crippen LogP contribution is 2.36. The Morgan fingerprint density at radius 3 is 3.14 bits per heavy atom. The van der Waals surface area contributed by atoms with Gasteiger partial charge < -0.3 is 13.7 Å². The summed E-state index contributed by atoms with van der Waals surface area (Å²) in [5.74, 6) is 1.68. The fourth-order valence-electron chi connectivity index (χ4n) is 3.51. The molecule has 0 bridgehead atoms. The number of hydrogen-bond acceptors (Lipinski definition) is 6. The van der Waals surface area contributed by atoms with Crippen LogP contribution in [-0.2, 0) is 11.3 Å². The maximum Gasteiger partial charge on any atom is 0.231 e. The maximum absolute atomic E-state index is 5.91. The van der Waals surface area contributed by atoms with Crippen molar-refractivity contribution in [2.45, 2.75) is 44.4 Å². The normalized spacial score (nSPS) is 29.7. The lowest BCUT2D eigenvalue weighted by Crippen LogP contribution is -2.48. The molecule has 0 amide bonds. The van der Waals surface area contributed by atoms with E-state index >= 15 is 0 Å². The highest BCUT2D eigenvalue weighted by molar-refractivity contribution is 5.09. The molecule has 4 heterocycles. The summed E-state index contributed by atoms with van der Waals surface area (Å²) in [6, 6.07) is 2.51. The standard InChI is InChI=1S/C15H19N3O3/c1-10-16-15(21-17-10)12-6-14-13(3-5-20-14)18(8-12)7-11-2-4-19-9-11/h2,4,9,12-14H,3,5-8H2,1H3/t12-,13+,14+/m0/s1. The first kappa shape index (κ1) is 13.0. The van der Waals surface area contributed by atoms with Crippen LogP contribution in [-0.4, -0.2) is 40.3 Å². The molecule has 2 aliphatic rings. The number of likely N-dealkylation sites (tertiary alicyclic amines) is 1. The van der Waals surface area contributed by atoms with Crippen LogP contribution < -0.4 is 0 Å². The minimum atomic E-state index is 0.248. The third-order valence-electron chi connectivity index (χ3n) is 4.47. The van der Waals surface area contributed by atoms with E-state index in [4.69, 9.17) is 13.7 Å². The zero-order chi connectivity index (χ0) is 14.2. The Morgan fingerprint density at radius 2 is 2.38 bits per heavy atom. The van der Waals surface area contributed by atoms with E-state index in [1.165, 1.54) is 5.56 Å². The van der Waals surface area contributed by atoms with E-state index in [1.54, 1.807) is 6.26 Å². The molecule has 2 aromatic heterocycles. The average Bonchev–Trinajstić information content (AvgIpc) is 3.18. The molecule has 2 aromatic rings. The summed E-state index contributed by atoms with van der Waals surface area (Å²) in [7, 11) is 0. The third-order valence-corrected chi connectivity index (χ3v) is 4.47. The zero-order valence-electron chi connectivity index (χ0n) is 12.1. The lowest BCUT2D eigenvalue weighted by molar-refractivity contribution is 0.00841. The summed E-state index contributed by atoms with van der Waals surface area (Å²) in [5.41, 5.74) is 1.20. The van der Waals surface area contributed by atoms with Crippen molar-refractivity contribution in [1.29, 1.82) is 0 Å². The fourth-order valence-corrected chi connectivity index (χ4v) is 3.51. The van der Waals surface area contributed by atoms with Gasteiger partial charge in [-0.1, -0.05) is 5.16 Å². The Morgan fingerprint density at radius 1 is 1.43 bits per heavy atom. The smallest absolute Gasteiger partial charge is 0.231 e. The van der Waals surface area contributed by atoms with Crippen molar-refractivity contribution in [3.63, 3.8) is 0 Å². The van der Waals surface area contributed by atoms with Crippen LogP contribution in [0, 0.1) is 6.92 Å². The maximum atomic E-state index is 5.91. The number of aromatic nitrogens is 2. The number of furan rings is 1. The molecule has 21 heavy (non-hydrogen) atoms. The van der Waals surface area contributed by atoms with Crippen LogP contribution >= 0.6 is 0 Å². The van der Waals surface area contributed by atoms with Gasteiger partial charge in [-0.15, -0.1) is 0 Å². The summed E-state index contributed by atoms with van der Waals surface area (Å²) in [6.07, 6.45) is 5.86. The molecule has 3 atom stereocenters. The second-order valence-corrected chi connectivity index (χ2v) is 5.94. The Balaban J connectivity index is 1.55. The molecule has 0 spiro atoms. The first-order chi connectivity index (χ1) is 10.3. The van der Waals surface area contributed by atoms with Crippen molar-refractivity contribution in [2.75, 3.05) is 13.2 Å². The third kappa shape index (κ3) is 2.49. The molecule has 0 radical (unpaired) electrons. The zero-order valence-corrected chi connectivity index (χ0v) is 12.1.